The number of benzene rings is 1. The van der Waals surface area contributed by atoms with Gasteiger partial charge in [0.2, 0.25) is 5.13 Å². The third-order valence-electron chi connectivity index (χ3n) is 2.91. The van der Waals surface area contributed by atoms with Crippen LogP contribution in [0.5, 0.6) is 0 Å². The average Bonchev–Trinajstić information content (AvgIpc) is 2.84. The van der Waals surface area contributed by atoms with Gasteiger partial charge in [0.15, 0.2) is 0 Å². The molecule has 1 aliphatic carbocycles. The van der Waals surface area contributed by atoms with Gasteiger partial charge in [0.05, 0.1) is 0 Å². The lowest BCUT2D eigenvalue weighted by Gasteiger charge is -2.09. The van der Waals surface area contributed by atoms with Crippen molar-refractivity contribution in [2.24, 2.45) is 0 Å². The van der Waals surface area contributed by atoms with Crippen molar-refractivity contribution in [2.75, 3.05) is 5.32 Å². The number of aryl methyl sites for hydroxylation is 1. The summed E-state index contributed by atoms with van der Waals surface area (Å²) in [7, 11) is 0. The Balaban J connectivity index is 1.72. The molecule has 1 N–H and O–H groups in total. The molecule has 0 saturated heterocycles. The molecule has 3 rings (SSSR count). The van der Waals surface area contributed by atoms with Crippen LogP contribution in [0.4, 0.5) is 5.13 Å². The molecule has 16 heavy (non-hydrogen) atoms. The molecule has 1 aromatic heterocycles. The maximum Gasteiger partial charge on any atom is 0.202 e. The molecule has 0 unspecified atom stereocenters. The first-order valence-electron chi connectivity index (χ1n) is 5.45. The zero-order chi connectivity index (χ0) is 11.0. The molecule has 0 saturated carbocycles. The fourth-order valence-electron chi connectivity index (χ4n) is 2.19. The van der Waals surface area contributed by atoms with E-state index in [9.17, 15) is 0 Å². The SMILES string of the molecule is Cc1nsc(NC2Cc3ccccc3C2)n1. The molecule has 0 amide bonds. The largest absolute Gasteiger partial charge is 0.357 e. The van der Waals surface area contributed by atoms with Gasteiger partial charge < -0.3 is 5.32 Å². The highest BCUT2D eigenvalue weighted by atomic mass is 32.1. The van der Waals surface area contributed by atoms with Crippen LogP contribution in [-0.4, -0.2) is 15.4 Å². The zero-order valence-electron chi connectivity index (χ0n) is 9.10. The molecule has 1 aromatic carbocycles. The molecule has 0 radical (unpaired) electrons. The van der Waals surface area contributed by atoms with Crippen LogP contribution in [0, 0.1) is 6.92 Å². The molecule has 1 heterocycles. The Morgan fingerprint density at radius 2 is 1.94 bits per heavy atom. The van der Waals surface area contributed by atoms with E-state index in [1.165, 1.54) is 22.7 Å². The van der Waals surface area contributed by atoms with Crippen molar-refractivity contribution < 1.29 is 0 Å². The van der Waals surface area contributed by atoms with Crippen molar-refractivity contribution in [3.05, 3.63) is 41.2 Å². The van der Waals surface area contributed by atoms with E-state index in [1.54, 1.807) is 0 Å². The monoisotopic (exact) mass is 231 g/mol. The van der Waals surface area contributed by atoms with Crippen LogP contribution in [0.1, 0.15) is 17.0 Å². The summed E-state index contributed by atoms with van der Waals surface area (Å²) in [6.07, 6.45) is 2.18. The topological polar surface area (TPSA) is 37.8 Å². The summed E-state index contributed by atoms with van der Waals surface area (Å²) >= 11 is 1.44. The second kappa shape index (κ2) is 3.87. The number of fused-ring (bicyclic) bond motifs is 1. The second-order valence-corrected chi connectivity index (χ2v) is 4.92. The van der Waals surface area contributed by atoms with E-state index < -0.39 is 0 Å². The van der Waals surface area contributed by atoms with E-state index in [0.717, 1.165) is 23.8 Å². The van der Waals surface area contributed by atoms with Gasteiger partial charge in [0.1, 0.15) is 5.82 Å². The van der Waals surface area contributed by atoms with E-state index in [2.05, 4.69) is 38.9 Å². The third-order valence-corrected chi connectivity index (χ3v) is 3.64. The van der Waals surface area contributed by atoms with Gasteiger partial charge in [-0.15, -0.1) is 0 Å². The quantitative estimate of drug-likeness (QED) is 0.862. The highest BCUT2D eigenvalue weighted by Gasteiger charge is 2.21. The van der Waals surface area contributed by atoms with Gasteiger partial charge in [0, 0.05) is 17.6 Å². The highest BCUT2D eigenvalue weighted by Crippen LogP contribution is 2.24. The van der Waals surface area contributed by atoms with Crippen molar-refractivity contribution in [3.8, 4) is 0 Å². The van der Waals surface area contributed by atoms with Gasteiger partial charge in [-0.25, -0.2) is 4.98 Å². The summed E-state index contributed by atoms with van der Waals surface area (Å²) < 4.78 is 4.18. The predicted molar refractivity (Wildman–Crippen MR) is 65.9 cm³/mol. The van der Waals surface area contributed by atoms with E-state index >= 15 is 0 Å². The highest BCUT2D eigenvalue weighted by molar-refractivity contribution is 7.09. The number of hydrogen-bond donors (Lipinski definition) is 1. The fraction of sp³-hybridized carbons (Fsp3) is 0.333. The Bertz CT molecular complexity index is 481. The first kappa shape index (κ1) is 9.78. The molecule has 0 fully saturated rings. The van der Waals surface area contributed by atoms with E-state index in [0.29, 0.717) is 6.04 Å². The van der Waals surface area contributed by atoms with Gasteiger partial charge >= 0.3 is 0 Å². The van der Waals surface area contributed by atoms with Crippen LogP contribution < -0.4 is 5.32 Å². The number of rotatable bonds is 2. The molecule has 82 valence electrons. The Morgan fingerprint density at radius 1 is 1.25 bits per heavy atom. The van der Waals surface area contributed by atoms with Crippen LogP contribution in [0.3, 0.4) is 0 Å². The van der Waals surface area contributed by atoms with Gasteiger partial charge in [-0.05, 0) is 30.9 Å². The number of nitrogens with zero attached hydrogens (tertiary/aromatic N) is 2. The molecule has 0 bridgehead atoms. The van der Waals surface area contributed by atoms with Crippen molar-refractivity contribution in [3.63, 3.8) is 0 Å². The molecule has 0 spiro atoms. The van der Waals surface area contributed by atoms with Gasteiger partial charge in [0.25, 0.3) is 0 Å². The molecule has 2 aromatic rings. The van der Waals surface area contributed by atoms with E-state index in [4.69, 9.17) is 0 Å². The summed E-state index contributed by atoms with van der Waals surface area (Å²) in [5, 5.41) is 4.39. The maximum absolute atomic E-state index is 4.33. The van der Waals surface area contributed by atoms with Crippen molar-refractivity contribution in [1.82, 2.24) is 9.36 Å². The molecular weight excluding hydrogens is 218 g/mol. The molecule has 0 aliphatic heterocycles. The van der Waals surface area contributed by atoms with Crippen molar-refractivity contribution in [2.45, 2.75) is 25.8 Å². The molecule has 0 atom stereocenters. The molecule has 3 nitrogen and oxygen atoms in total. The van der Waals surface area contributed by atoms with Crippen LogP contribution in [0.25, 0.3) is 0 Å². The maximum atomic E-state index is 4.33. The fourth-order valence-corrected chi connectivity index (χ4v) is 2.84. The lowest BCUT2D eigenvalue weighted by Crippen LogP contribution is -2.19. The van der Waals surface area contributed by atoms with Gasteiger partial charge in [-0.3, -0.25) is 0 Å². The van der Waals surface area contributed by atoms with Crippen LogP contribution >= 0.6 is 11.5 Å². The van der Waals surface area contributed by atoms with Crippen LogP contribution in [0.15, 0.2) is 24.3 Å². The minimum atomic E-state index is 0.477. The van der Waals surface area contributed by atoms with Crippen molar-refractivity contribution >= 4 is 16.7 Å². The Kier molecular flexibility index (Phi) is 2.36. The third kappa shape index (κ3) is 1.80. The lowest BCUT2D eigenvalue weighted by atomic mass is 10.1. The second-order valence-electron chi connectivity index (χ2n) is 4.16. The Labute approximate surface area is 98.7 Å². The standard InChI is InChI=1S/C12H13N3S/c1-8-13-12(16-15-8)14-11-6-9-4-2-3-5-10(9)7-11/h2-5,11H,6-7H2,1H3,(H,13,14,15). The summed E-state index contributed by atoms with van der Waals surface area (Å²) in [5.74, 6) is 0.850. The lowest BCUT2D eigenvalue weighted by molar-refractivity contribution is 0.772. The average molecular weight is 231 g/mol. The van der Waals surface area contributed by atoms with E-state index in [1.807, 2.05) is 6.92 Å². The number of nitrogens with one attached hydrogen (secondary N) is 1. The van der Waals surface area contributed by atoms with Gasteiger partial charge in [-0.1, -0.05) is 24.3 Å². The predicted octanol–water partition coefficient (Wildman–Crippen LogP) is 2.43. The van der Waals surface area contributed by atoms with Crippen LogP contribution in [0.2, 0.25) is 0 Å². The summed E-state index contributed by atoms with van der Waals surface area (Å²) in [6, 6.07) is 9.11. The zero-order valence-corrected chi connectivity index (χ0v) is 9.92. The summed E-state index contributed by atoms with van der Waals surface area (Å²) in [4.78, 5) is 4.33. The smallest absolute Gasteiger partial charge is 0.202 e. The number of hydrogen-bond acceptors (Lipinski definition) is 4. The summed E-state index contributed by atoms with van der Waals surface area (Å²) in [6.45, 7) is 1.92. The normalized spacial score (nSPS) is 15.1. The molecule has 4 heteroatoms. The molecular formula is C12H13N3S. The van der Waals surface area contributed by atoms with Crippen molar-refractivity contribution in [1.29, 1.82) is 0 Å². The minimum absolute atomic E-state index is 0.477. The summed E-state index contributed by atoms with van der Waals surface area (Å²) in [5.41, 5.74) is 2.92. The molecule has 1 aliphatic rings. The number of aromatic nitrogens is 2. The number of anilines is 1. The Hall–Kier alpha value is -1.42. The van der Waals surface area contributed by atoms with Crippen LogP contribution in [-0.2, 0) is 12.8 Å². The minimum Gasteiger partial charge on any atom is -0.357 e. The Morgan fingerprint density at radius 3 is 2.50 bits per heavy atom. The van der Waals surface area contributed by atoms with E-state index in [-0.39, 0.29) is 0 Å². The van der Waals surface area contributed by atoms with Gasteiger partial charge in [-0.2, -0.15) is 4.37 Å². The first-order valence-corrected chi connectivity index (χ1v) is 6.22. The first-order chi connectivity index (χ1) is 7.81.